The molecule has 3 rings (SSSR count). The summed E-state index contributed by atoms with van der Waals surface area (Å²) in [5.41, 5.74) is 1.04. The molecule has 1 amide bonds. The number of hydrogen-bond acceptors (Lipinski definition) is 6. The fourth-order valence-corrected chi connectivity index (χ4v) is 4.89. The highest BCUT2D eigenvalue weighted by Gasteiger charge is 2.53. The van der Waals surface area contributed by atoms with Crippen LogP contribution in [0.2, 0.25) is 18.1 Å². The summed E-state index contributed by atoms with van der Waals surface area (Å²) in [6.07, 6.45) is -0.658. The number of ether oxygens (including phenoxy) is 1. The zero-order valence-corrected chi connectivity index (χ0v) is 22.9. The van der Waals surface area contributed by atoms with Gasteiger partial charge in [-0.3, -0.25) is 9.69 Å². The molecule has 0 aromatic heterocycles. The van der Waals surface area contributed by atoms with Gasteiger partial charge in [-0.05, 0) is 64.3 Å². The molecule has 0 saturated carbocycles. The van der Waals surface area contributed by atoms with Crippen LogP contribution in [0.25, 0.3) is 0 Å². The zero-order chi connectivity index (χ0) is 25.1. The average molecular weight is 475 g/mol. The van der Waals surface area contributed by atoms with Crippen LogP contribution < -0.4 is 5.46 Å². The van der Waals surface area contributed by atoms with Gasteiger partial charge in [0.2, 0.25) is 0 Å². The summed E-state index contributed by atoms with van der Waals surface area (Å²) in [7, 11) is -1.53. The molecule has 1 fully saturated rings. The van der Waals surface area contributed by atoms with E-state index in [4.69, 9.17) is 18.5 Å². The number of benzene rings is 1. The van der Waals surface area contributed by atoms with Crippen molar-refractivity contribution in [1.29, 1.82) is 0 Å². The van der Waals surface area contributed by atoms with Crippen LogP contribution in [0.15, 0.2) is 18.2 Å². The molecule has 0 bridgehead atoms. The van der Waals surface area contributed by atoms with E-state index in [1.54, 1.807) is 6.92 Å². The van der Waals surface area contributed by atoms with Gasteiger partial charge < -0.3 is 18.5 Å². The van der Waals surface area contributed by atoms with E-state index in [9.17, 15) is 9.59 Å². The van der Waals surface area contributed by atoms with E-state index < -0.39 is 44.9 Å². The fourth-order valence-electron chi connectivity index (χ4n) is 3.73. The first-order valence-corrected chi connectivity index (χ1v) is 14.4. The summed E-state index contributed by atoms with van der Waals surface area (Å²) in [5, 5.41) is -0.0678. The maximum atomic E-state index is 13.6. The van der Waals surface area contributed by atoms with E-state index in [-0.39, 0.29) is 10.9 Å². The Morgan fingerprint density at radius 1 is 1.15 bits per heavy atom. The van der Waals surface area contributed by atoms with Gasteiger partial charge in [0.25, 0.3) is 5.91 Å². The van der Waals surface area contributed by atoms with Crippen LogP contribution in [-0.2, 0) is 23.3 Å². The van der Waals surface area contributed by atoms with Crippen LogP contribution in [0.5, 0.6) is 0 Å². The number of amides is 1. The molecule has 182 valence electrons. The molecule has 2 unspecified atom stereocenters. The smallest absolute Gasteiger partial charge is 0.467 e. The van der Waals surface area contributed by atoms with Crippen molar-refractivity contribution in [3.8, 4) is 0 Å². The lowest BCUT2D eigenvalue weighted by atomic mass is 9.78. The van der Waals surface area contributed by atoms with Crippen molar-refractivity contribution in [3.63, 3.8) is 0 Å². The number of carbonyl (C=O) groups is 2. The highest BCUT2D eigenvalue weighted by molar-refractivity contribution is 6.74. The molecule has 2 atom stereocenters. The van der Waals surface area contributed by atoms with E-state index in [2.05, 4.69) is 33.9 Å². The molecular weight excluding hydrogens is 437 g/mol. The van der Waals surface area contributed by atoms with Crippen molar-refractivity contribution in [3.05, 3.63) is 29.3 Å². The Labute approximate surface area is 199 Å². The predicted molar refractivity (Wildman–Crippen MR) is 131 cm³/mol. The van der Waals surface area contributed by atoms with Gasteiger partial charge in [-0.25, -0.2) is 4.79 Å². The van der Waals surface area contributed by atoms with Crippen molar-refractivity contribution in [1.82, 2.24) is 4.90 Å². The summed E-state index contributed by atoms with van der Waals surface area (Å²) in [5.74, 6) is -0.740. The predicted octanol–water partition coefficient (Wildman–Crippen LogP) is 4.02. The standard InChI is InChI=1S/C24H38BNO6Si/c1-15(21(28)29-9)26-19(27)18-14-16(25-31-23(5,6)24(7,8)32-25)12-13-17(18)20(26)30-33(10,11)22(2,3)4/h12-15,20H,1-11H3. The van der Waals surface area contributed by atoms with Crippen LogP contribution in [-0.4, -0.2) is 56.6 Å². The number of methoxy groups -OCH3 is 1. The van der Waals surface area contributed by atoms with E-state index in [0.717, 1.165) is 11.0 Å². The Balaban J connectivity index is 2.04. The lowest BCUT2D eigenvalue weighted by Gasteiger charge is -2.41. The topological polar surface area (TPSA) is 74.3 Å². The summed E-state index contributed by atoms with van der Waals surface area (Å²) < 4.78 is 24.0. The highest BCUT2D eigenvalue weighted by Crippen LogP contribution is 2.44. The summed E-state index contributed by atoms with van der Waals surface area (Å²) in [6.45, 7) is 20.4. The molecule has 9 heteroatoms. The molecule has 1 aromatic rings. The number of carbonyl (C=O) groups excluding carboxylic acids is 2. The largest absolute Gasteiger partial charge is 0.494 e. The Bertz CT molecular complexity index is 939. The summed E-state index contributed by atoms with van der Waals surface area (Å²) in [4.78, 5) is 27.5. The van der Waals surface area contributed by atoms with E-state index >= 15 is 0 Å². The highest BCUT2D eigenvalue weighted by atomic mass is 28.4. The first-order chi connectivity index (χ1) is 14.9. The average Bonchev–Trinajstić information content (AvgIpc) is 3.08. The fraction of sp³-hybridized carbons (Fsp3) is 0.667. The van der Waals surface area contributed by atoms with E-state index in [1.807, 2.05) is 45.9 Å². The van der Waals surface area contributed by atoms with Gasteiger partial charge in [-0.1, -0.05) is 32.9 Å². The first-order valence-electron chi connectivity index (χ1n) is 11.5. The molecule has 2 aliphatic heterocycles. The Morgan fingerprint density at radius 2 is 1.70 bits per heavy atom. The minimum Gasteiger partial charge on any atom is -0.467 e. The third kappa shape index (κ3) is 4.40. The number of rotatable bonds is 5. The lowest BCUT2D eigenvalue weighted by molar-refractivity contribution is -0.148. The summed E-state index contributed by atoms with van der Waals surface area (Å²) >= 11 is 0. The molecule has 0 spiro atoms. The van der Waals surface area contributed by atoms with E-state index in [0.29, 0.717) is 5.56 Å². The molecule has 1 saturated heterocycles. The molecule has 1 aromatic carbocycles. The molecule has 0 aliphatic carbocycles. The van der Waals surface area contributed by atoms with Gasteiger partial charge in [0.1, 0.15) is 12.3 Å². The monoisotopic (exact) mass is 475 g/mol. The lowest BCUT2D eigenvalue weighted by Crippen LogP contribution is -2.48. The summed E-state index contributed by atoms with van der Waals surface area (Å²) in [6, 6.07) is 4.84. The van der Waals surface area contributed by atoms with Gasteiger partial charge >= 0.3 is 13.1 Å². The van der Waals surface area contributed by atoms with Gasteiger partial charge in [-0.15, -0.1) is 0 Å². The van der Waals surface area contributed by atoms with Crippen LogP contribution >= 0.6 is 0 Å². The SMILES string of the molecule is COC(=O)C(C)N1C(=O)c2cc(B3OC(C)(C)C(C)(C)O3)ccc2C1O[Si](C)(C)C(C)(C)C. The second kappa shape index (κ2) is 8.22. The third-order valence-corrected chi connectivity index (χ3v) is 12.2. The van der Waals surface area contributed by atoms with Gasteiger partial charge in [0.05, 0.1) is 18.3 Å². The molecule has 0 radical (unpaired) electrons. The van der Waals surface area contributed by atoms with Crippen LogP contribution in [0, 0.1) is 0 Å². The Hall–Kier alpha value is -1.68. The molecule has 0 N–H and O–H groups in total. The van der Waals surface area contributed by atoms with Crippen molar-refractivity contribution in [2.24, 2.45) is 0 Å². The molecule has 7 nitrogen and oxygen atoms in total. The minimum atomic E-state index is -2.27. The number of fused-ring (bicyclic) bond motifs is 1. The normalized spacial score (nSPS) is 23.0. The molecule has 2 aliphatic rings. The van der Waals surface area contributed by atoms with Crippen LogP contribution in [0.3, 0.4) is 0 Å². The maximum absolute atomic E-state index is 13.6. The second-order valence-electron chi connectivity index (χ2n) is 11.6. The Morgan fingerprint density at radius 3 is 2.18 bits per heavy atom. The second-order valence-corrected chi connectivity index (χ2v) is 16.3. The molecule has 2 heterocycles. The number of esters is 1. The zero-order valence-electron chi connectivity index (χ0n) is 21.9. The third-order valence-electron chi connectivity index (χ3n) is 7.76. The van der Waals surface area contributed by atoms with Crippen molar-refractivity contribution >= 4 is 32.8 Å². The van der Waals surface area contributed by atoms with E-state index in [1.165, 1.54) is 12.0 Å². The van der Waals surface area contributed by atoms with Crippen molar-refractivity contribution in [2.45, 2.75) is 97.0 Å². The van der Waals surface area contributed by atoms with Crippen LogP contribution in [0.1, 0.15) is 77.5 Å². The van der Waals surface area contributed by atoms with Crippen molar-refractivity contribution in [2.75, 3.05) is 7.11 Å². The quantitative estimate of drug-likeness (QED) is 0.473. The van der Waals surface area contributed by atoms with Gasteiger partial charge in [0, 0.05) is 11.1 Å². The molecule has 33 heavy (non-hydrogen) atoms. The number of hydrogen-bond donors (Lipinski definition) is 0. The van der Waals surface area contributed by atoms with Gasteiger partial charge in [-0.2, -0.15) is 0 Å². The number of nitrogens with zero attached hydrogens (tertiary/aromatic N) is 1. The maximum Gasteiger partial charge on any atom is 0.494 e. The van der Waals surface area contributed by atoms with Crippen LogP contribution in [0.4, 0.5) is 0 Å². The first kappa shape index (κ1) is 25.9. The Kier molecular flexibility index (Phi) is 6.46. The minimum absolute atomic E-state index is 0.0678. The van der Waals surface area contributed by atoms with Gasteiger partial charge in [0.15, 0.2) is 8.32 Å². The van der Waals surface area contributed by atoms with Crippen molar-refractivity contribution < 1.29 is 28.1 Å². The molecular formula is C24H38BNO6Si.